The van der Waals surface area contributed by atoms with Crippen LogP contribution in [0, 0.1) is 25.2 Å². The standard InChI is InChI=1S/C26H29F6N3O2/c1-5-9-33-13-24(14-35(22(36)17(24)4)21-15(2)7-6-8-16(21)3)23(37)34-20-11-18(25(27,28)29)10-19(12-20)26(30,31)32/h6-8,10-12,17,33H,5,9,13-14H2,1-4H3,(H,34,37). The second-order valence-corrected chi connectivity index (χ2v) is 9.47. The number of benzene rings is 2. The van der Waals surface area contributed by atoms with E-state index >= 15 is 0 Å². The van der Waals surface area contributed by atoms with Crippen LogP contribution in [-0.2, 0) is 21.9 Å². The molecule has 3 rings (SSSR count). The largest absolute Gasteiger partial charge is 0.416 e. The van der Waals surface area contributed by atoms with Gasteiger partial charge in [-0.1, -0.05) is 32.0 Å². The number of amides is 2. The van der Waals surface area contributed by atoms with Gasteiger partial charge in [0.15, 0.2) is 0 Å². The molecule has 37 heavy (non-hydrogen) atoms. The van der Waals surface area contributed by atoms with Gasteiger partial charge in [0.2, 0.25) is 11.8 Å². The van der Waals surface area contributed by atoms with Crippen molar-refractivity contribution < 1.29 is 35.9 Å². The Hall–Kier alpha value is -3.08. The minimum Gasteiger partial charge on any atom is -0.325 e. The van der Waals surface area contributed by atoms with Crippen molar-refractivity contribution in [3.05, 3.63) is 58.7 Å². The summed E-state index contributed by atoms with van der Waals surface area (Å²) in [5, 5.41) is 5.38. The van der Waals surface area contributed by atoms with E-state index in [1.165, 1.54) is 4.90 Å². The van der Waals surface area contributed by atoms with Gasteiger partial charge in [0.05, 0.1) is 22.5 Å². The van der Waals surface area contributed by atoms with Gasteiger partial charge >= 0.3 is 12.4 Å². The van der Waals surface area contributed by atoms with Gasteiger partial charge in [-0.3, -0.25) is 9.59 Å². The van der Waals surface area contributed by atoms with Crippen molar-refractivity contribution in [2.24, 2.45) is 11.3 Å². The van der Waals surface area contributed by atoms with E-state index in [-0.39, 0.29) is 25.1 Å². The molecular weight excluding hydrogens is 500 g/mol. The van der Waals surface area contributed by atoms with E-state index < -0.39 is 46.4 Å². The van der Waals surface area contributed by atoms with Crippen LogP contribution < -0.4 is 15.5 Å². The zero-order valence-corrected chi connectivity index (χ0v) is 20.9. The van der Waals surface area contributed by atoms with Crippen molar-refractivity contribution in [3.8, 4) is 0 Å². The lowest BCUT2D eigenvalue weighted by Gasteiger charge is -2.31. The minimum atomic E-state index is -5.06. The smallest absolute Gasteiger partial charge is 0.325 e. The fourth-order valence-corrected chi connectivity index (χ4v) is 4.72. The number of rotatable bonds is 7. The predicted molar refractivity (Wildman–Crippen MR) is 128 cm³/mol. The van der Waals surface area contributed by atoms with E-state index in [2.05, 4.69) is 10.6 Å². The Bertz CT molecular complexity index is 1130. The summed E-state index contributed by atoms with van der Waals surface area (Å²) in [6, 6.07) is 6.38. The van der Waals surface area contributed by atoms with E-state index in [1.54, 1.807) is 6.92 Å². The van der Waals surface area contributed by atoms with Crippen LogP contribution in [0.1, 0.15) is 42.5 Å². The van der Waals surface area contributed by atoms with Crippen LogP contribution in [0.5, 0.6) is 0 Å². The molecule has 2 atom stereocenters. The molecule has 0 spiro atoms. The van der Waals surface area contributed by atoms with Crippen molar-refractivity contribution in [1.29, 1.82) is 0 Å². The number of hydrogen-bond donors (Lipinski definition) is 2. The van der Waals surface area contributed by atoms with Gasteiger partial charge in [-0.05, 0) is 56.1 Å². The van der Waals surface area contributed by atoms with E-state index in [0.29, 0.717) is 30.8 Å². The highest BCUT2D eigenvalue weighted by atomic mass is 19.4. The van der Waals surface area contributed by atoms with Gasteiger partial charge < -0.3 is 15.5 Å². The number of aryl methyl sites for hydroxylation is 2. The maximum Gasteiger partial charge on any atom is 0.416 e. The van der Waals surface area contributed by atoms with Crippen molar-refractivity contribution in [1.82, 2.24) is 5.32 Å². The third-order valence-electron chi connectivity index (χ3n) is 6.78. The second kappa shape index (κ2) is 10.4. The molecule has 0 radical (unpaired) electrons. The molecule has 1 aliphatic rings. The summed E-state index contributed by atoms with van der Waals surface area (Å²) in [5.74, 6) is -2.09. The van der Waals surface area contributed by atoms with Crippen LogP contribution >= 0.6 is 0 Å². The van der Waals surface area contributed by atoms with E-state index in [0.717, 1.165) is 11.1 Å². The SMILES string of the molecule is CCCNCC1(C(=O)Nc2cc(C(F)(F)F)cc(C(F)(F)F)c2)CN(c2c(C)cccc2C)C(=O)C1C. The maximum absolute atomic E-state index is 13.7. The summed E-state index contributed by atoms with van der Waals surface area (Å²) in [6.07, 6.45) is -9.41. The molecule has 11 heteroatoms. The molecule has 1 saturated heterocycles. The topological polar surface area (TPSA) is 61.4 Å². The molecular formula is C26H29F6N3O2. The van der Waals surface area contributed by atoms with E-state index in [1.807, 2.05) is 39.0 Å². The highest BCUT2D eigenvalue weighted by Crippen LogP contribution is 2.43. The lowest BCUT2D eigenvalue weighted by molar-refractivity contribution is -0.143. The Morgan fingerprint density at radius 1 is 1.03 bits per heavy atom. The maximum atomic E-state index is 13.7. The molecule has 202 valence electrons. The third kappa shape index (κ3) is 5.76. The molecule has 1 heterocycles. The highest BCUT2D eigenvalue weighted by Gasteiger charge is 2.55. The summed E-state index contributed by atoms with van der Waals surface area (Å²) in [4.78, 5) is 28.6. The van der Waals surface area contributed by atoms with Crippen LogP contribution in [0.25, 0.3) is 0 Å². The summed E-state index contributed by atoms with van der Waals surface area (Å²) in [6.45, 7) is 7.50. The quantitative estimate of drug-likeness (QED) is 0.344. The zero-order chi connectivity index (χ0) is 27.8. The van der Waals surface area contributed by atoms with Crippen molar-refractivity contribution >= 4 is 23.2 Å². The average molecular weight is 530 g/mol. The normalized spacial score (nSPS) is 20.4. The molecule has 2 aromatic carbocycles. The number of carbonyl (C=O) groups excluding carboxylic acids is 2. The molecule has 0 saturated carbocycles. The molecule has 0 aliphatic carbocycles. The average Bonchev–Trinajstić information content (AvgIpc) is 3.04. The van der Waals surface area contributed by atoms with Crippen molar-refractivity contribution in [3.63, 3.8) is 0 Å². The summed E-state index contributed by atoms with van der Waals surface area (Å²) in [5.41, 5.74) is -2.95. The Morgan fingerprint density at radius 3 is 2.05 bits per heavy atom. The molecule has 2 amide bonds. The van der Waals surface area contributed by atoms with Crippen LogP contribution in [0.15, 0.2) is 36.4 Å². The Balaban J connectivity index is 2.05. The molecule has 2 unspecified atom stereocenters. The van der Waals surface area contributed by atoms with Gasteiger partial charge in [-0.25, -0.2) is 0 Å². The molecule has 1 aliphatic heterocycles. The summed E-state index contributed by atoms with van der Waals surface area (Å²) >= 11 is 0. The zero-order valence-electron chi connectivity index (χ0n) is 20.9. The highest BCUT2D eigenvalue weighted by molar-refractivity contribution is 6.08. The number of anilines is 2. The van der Waals surface area contributed by atoms with Crippen molar-refractivity contribution in [2.45, 2.75) is 46.5 Å². The first-order valence-electron chi connectivity index (χ1n) is 11.8. The van der Waals surface area contributed by atoms with Crippen LogP contribution in [0.3, 0.4) is 0 Å². The summed E-state index contributed by atoms with van der Waals surface area (Å²) < 4.78 is 80.1. The first-order chi connectivity index (χ1) is 17.1. The van der Waals surface area contributed by atoms with E-state index in [4.69, 9.17) is 0 Å². The predicted octanol–water partition coefficient (Wildman–Crippen LogP) is 5.95. The number of alkyl halides is 6. The van der Waals surface area contributed by atoms with Crippen LogP contribution in [0.2, 0.25) is 0 Å². The lowest BCUT2D eigenvalue weighted by atomic mass is 9.77. The fourth-order valence-electron chi connectivity index (χ4n) is 4.72. The van der Waals surface area contributed by atoms with Gasteiger partial charge in [0.1, 0.15) is 0 Å². The molecule has 0 aromatic heterocycles. The van der Waals surface area contributed by atoms with Crippen molar-refractivity contribution in [2.75, 3.05) is 29.9 Å². The van der Waals surface area contributed by atoms with Gasteiger partial charge in [0.25, 0.3) is 0 Å². The Kier molecular flexibility index (Phi) is 7.97. The molecule has 2 N–H and O–H groups in total. The number of nitrogens with zero attached hydrogens (tertiary/aromatic N) is 1. The van der Waals surface area contributed by atoms with E-state index in [9.17, 15) is 35.9 Å². The molecule has 1 fully saturated rings. The molecule has 2 aromatic rings. The second-order valence-electron chi connectivity index (χ2n) is 9.47. The number of carbonyl (C=O) groups is 2. The first kappa shape index (κ1) is 28.5. The Labute approximate surface area is 211 Å². The van der Waals surface area contributed by atoms with Gasteiger partial charge in [-0.15, -0.1) is 0 Å². The first-order valence-corrected chi connectivity index (χ1v) is 11.8. The third-order valence-corrected chi connectivity index (χ3v) is 6.78. The van der Waals surface area contributed by atoms with Gasteiger partial charge in [0, 0.05) is 24.5 Å². The number of nitrogens with one attached hydrogen (secondary N) is 2. The Morgan fingerprint density at radius 2 is 1.57 bits per heavy atom. The molecule has 0 bridgehead atoms. The summed E-state index contributed by atoms with van der Waals surface area (Å²) in [7, 11) is 0. The van der Waals surface area contributed by atoms with Gasteiger partial charge in [-0.2, -0.15) is 26.3 Å². The van der Waals surface area contributed by atoms with Crippen LogP contribution in [0.4, 0.5) is 37.7 Å². The number of hydrogen-bond acceptors (Lipinski definition) is 3. The monoisotopic (exact) mass is 529 g/mol. The van der Waals surface area contributed by atoms with Crippen LogP contribution in [-0.4, -0.2) is 31.4 Å². The fraction of sp³-hybridized carbons (Fsp3) is 0.462. The lowest BCUT2D eigenvalue weighted by Crippen LogP contribution is -2.49. The number of halogens is 6. The minimum absolute atomic E-state index is 0.00135. The molecule has 5 nitrogen and oxygen atoms in total. The number of para-hydroxylation sites is 1.